The van der Waals surface area contributed by atoms with Crippen molar-refractivity contribution < 1.29 is 27.8 Å². The van der Waals surface area contributed by atoms with Gasteiger partial charge in [0.2, 0.25) is 5.91 Å². The molecule has 26 heavy (non-hydrogen) atoms. The van der Waals surface area contributed by atoms with Crippen LogP contribution in [0.25, 0.3) is 6.08 Å². The molecule has 0 fully saturated rings. The highest BCUT2D eigenvalue weighted by Crippen LogP contribution is 2.31. The number of carbonyl (C=O) groups is 1. The highest BCUT2D eigenvalue weighted by molar-refractivity contribution is 6.02. The van der Waals surface area contributed by atoms with Crippen LogP contribution in [-0.4, -0.2) is 26.7 Å². The van der Waals surface area contributed by atoms with Gasteiger partial charge in [-0.15, -0.1) is 0 Å². The van der Waals surface area contributed by atoms with E-state index < -0.39 is 12.5 Å². The summed E-state index contributed by atoms with van der Waals surface area (Å²) in [4.78, 5) is 12.1. The first-order chi connectivity index (χ1) is 12.4. The molecular weight excluding hydrogens is 344 g/mol. The normalized spacial score (nSPS) is 10.8. The van der Waals surface area contributed by atoms with E-state index in [-0.39, 0.29) is 11.5 Å². The van der Waals surface area contributed by atoms with E-state index in [1.165, 1.54) is 31.4 Å². The van der Waals surface area contributed by atoms with Crippen LogP contribution in [0.5, 0.6) is 17.2 Å². The lowest BCUT2D eigenvalue weighted by atomic mass is 10.1. The zero-order valence-electron chi connectivity index (χ0n) is 14.6. The van der Waals surface area contributed by atoms with E-state index in [0.717, 1.165) is 11.1 Å². The Bertz CT molecular complexity index is 806. The largest absolute Gasteiger partial charge is 0.496 e. The maximum Gasteiger partial charge on any atom is 0.387 e. The Morgan fingerprint density at radius 3 is 2.38 bits per heavy atom. The minimum atomic E-state index is -3.00. The second-order valence-corrected chi connectivity index (χ2v) is 5.31. The second-order valence-electron chi connectivity index (χ2n) is 5.31. The van der Waals surface area contributed by atoms with E-state index >= 15 is 0 Å². The van der Waals surface area contributed by atoms with E-state index in [0.29, 0.717) is 11.4 Å². The lowest BCUT2D eigenvalue weighted by Crippen LogP contribution is -2.09. The molecule has 0 aliphatic carbocycles. The van der Waals surface area contributed by atoms with Gasteiger partial charge in [0.25, 0.3) is 0 Å². The van der Waals surface area contributed by atoms with Gasteiger partial charge in [-0.2, -0.15) is 8.78 Å². The molecule has 0 spiro atoms. The highest BCUT2D eigenvalue weighted by Gasteiger charge is 2.12. The average molecular weight is 363 g/mol. The number of anilines is 1. The van der Waals surface area contributed by atoms with Crippen molar-refractivity contribution in [2.75, 3.05) is 19.5 Å². The fourth-order valence-electron chi connectivity index (χ4n) is 2.28. The number of rotatable bonds is 7. The molecule has 2 rings (SSSR count). The van der Waals surface area contributed by atoms with Crippen molar-refractivity contribution in [3.8, 4) is 17.2 Å². The van der Waals surface area contributed by atoms with Crippen LogP contribution in [0.3, 0.4) is 0 Å². The Morgan fingerprint density at radius 1 is 1.04 bits per heavy atom. The molecule has 0 aliphatic rings. The quantitative estimate of drug-likeness (QED) is 0.747. The van der Waals surface area contributed by atoms with Crippen molar-refractivity contribution in [2.45, 2.75) is 13.5 Å². The molecule has 1 amide bonds. The van der Waals surface area contributed by atoms with Crippen LogP contribution < -0.4 is 19.5 Å². The SMILES string of the molecule is COc1ccc(C)cc1/C=C/C(=O)Nc1ccc(OC)c(OC(F)F)c1. The minimum Gasteiger partial charge on any atom is -0.496 e. The number of nitrogens with one attached hydrogen (secondary N) is 1. The van der Waals surface area contributed by atoms with Crippen molar-refractivity contribution in [2.24, 2.45) is 0 Å². The minimum absolute atomic E-state index is 0.142. The monoisotopic (exact) mass is 363 g/mol. The Balaban J connectivity index is 2.13. The molecule has 0 aliphatic heterocycles. The third-order valence-corrected chi connectivity index (χ3v) is 3.45. The molecule has 2 aromatic rings. The Hall–Kier alpha value is -3.09. The van der Waals surface area contributed by atoms with Gasteiger partial charge < -0.3 is 19.5 Å². The first-order valence-corrected chi connectivity index (χ1v) is 7.69. The number of aryl methyl sites for hydroxylation is 1. The van der Waals surface area contributed by atoms with Gasteiger partial charge in [-0.25, -0.2) is 0 Å². The van der Waals surface area contributed by atoms with Gasteiger partial charge in [0.1, 0.15) is 5.75 Å². The number of benzene rings is 2. The average Bonchev–Trinajstić information content (AvgIpc) is 2.60. The molecular formula is C19H19F2NO4. The van der Waals surface area contributed by atoms with Crippen molar-refractivity contribution in [1.82, 2.24) is 0 Å². The molecule has 5 nitrogen and oxygen atoms in total. The van der Waals surface area contributed by atoms with Crippen LogP contribution in [0.1, 0.15) is 11.1 Å². The number of hydrogen-bond acceptors (Lipinski definition) is 4. The van der Waals surface area contributed by atoms with Gasteiger partial charge in [-0.05, 0) is 37.3 Å². The lowest BCUT2D eigenvalue weighted by molar-refractivity contribution is -0.111. The number of carbonyl (C=O) groups excluding carboxylic acids is 1. The predicted octanol–water partition coefficient (Wildman–Crippen LogP) is 4.27. The molecule has 0 saturated carbocycles. The summed E-state index contributed by atoms with van der Waals surface area (Å²) in [5.41, 5.74) is 2.07. The zero-order chi connectivity index (χ0) is 19.1. The Labute approximate surface area is 150 Å². The summed E-state index contributed by atoms with van der Waals surface area (Å²) in [5.74, 6) is 0.186. The zero-order valence-corrected chi connectivity index (χ0v) is 14.6. The fraction of sp³-hybridized carbons (Fsp3) is 0.211. The summed E-state index contributed by atoms with van der Waals surface area (Å²) in [6.07, 6.45) is 2.94. The lowest BCUT2D eigenvalue weighted by Gasteiger charge is -2.11. The Kier molecular flexibility index (Phi) is 6.54. The van der Waals surface area contributed by atoms with Crippen molar-refractivity contribution in [1.29, 1.82) is 0 Å². The molecule has 7 heteroatoms. The van der Waals surface area contributed by atoms with Crippen LogP contribution >= 0.6 is 0 Å². The van der Waals surface area contributed by atoms with E-state index in [2.05, 4.69) is 10.1 Å². The molecule has 1 N–H and O–H groups in total. The molecule has 138 valence electrons. The van der Waals surface area contributed by atoms with Gasteiger partial charge in [0.05, 0.1) is 14.2 Å². The number of methoxy groups -OCH3 is 2. The first-order valence-electron chi connectivity index (χ1n) is 7.69. The van der Waals surface area contributed by atoms with Gasteiger partial charge in [-0.1, -0.05) is 11.6 Å². The molecule has 0 radical (unpaired) electrons. The summed E-state index contributed by atoms with van der Waals surface area (Å²) < 4.78 is 39.5. The molecule has 0 unspecified atom stereocenters. The standard InChI is InChI=1S/C19H19F2NO4/c1-12-4-7-15(24-2)13(10-12)5-9-18(23)22-14-6-8-16(25-3)17(11-14)26-19(20)21/h4-11,19H,1-3H3,(H,22,23)/b9-5+. The third-order valence-electron chi connectivity index (χ3n) is 3.45. The number of halogens is 2. The van der Waals surface area contributed by atoms with Gasteiger partial charge >= 0.3 is 6.61 Å². The molecule has 0 bridgehead atoms. The molecule has 0 atom stereocenters. The Morgan fingerprint density at radius 2 is 1.73 bits per heavy atom. The first kappa shape index (κ1) is 19.2. The number of alkyl halides is 2. The van der Waals surface area contributed by atoms with Gasteiger partial charge in [0, 0.05) is 23.4 Å². The summed E-state index contributed by atoms with van der Waals surface area (Å²) in [6, 6.07) is 9.81. The second kappa shape index (κ2) is 8.84. The summed E-state index contributed by atoms with van der Waals surface area (Å²) in [7, 11) is 2.88. The number of amides is 1. The predicted molar refractivity (Wildman–Crippen MR) is 95.0 cm³/mol. The summed E-state index contributed by atoms with van der Waals surface area (Å²) in [5, 5.41) is 2.58. The van der Waals surface area contributed by atoms with Crippen molar-refractivity contribution >= 4 is 17.7 Å². The van der Waals surface area contributed by atoms with E-state index in [9.17, 15) is 13.6 Å². The van der Waals surface area contributed by atoms with Gasteiger partial charge in [0.15, 0.2) is 11.5 Å². The van der Waals surface area contributed by atoms with E-state index in [1.54, 1.807) is 13.2 Å². The number of hydrogen-bond donors (Lipinski definition) is 1. The molecule has 0 saturated heterocycles. The maximum atomic E-state index is 12.5. The summed E-state index contributed by atoms with van der Waals surface area (Å²) >= 11 is 0. The van der Waals surface area contributed by atoms with Crippen molar-refractivity contribution in [3.63, 3.8) is 0 Å². The van der Waals surface area contributed by atoms with Crippen molar-refractivity contribution in [3.05, 3.63) is 53.6 Å². The highest BCUT2D eigenvalue weighted by atomic mass is 19.3. The van der Waals surface area contributed by atoms with Gasteiger partial charge in [-0.3, -0.25) is 4.79 Å². The topological polar surface area (TPSA) is 56.8 Å². The van der Waals surface area contributed by atoms with Crippen LogP contribution in [0.4, 0.5) is 14.5 Å². The molecule has 0 heterocycles. The van der Waals surface area contributed by atoms with Crippen LogP contribution in [0.15, 0.2) is 42.5 Å². The smallest absolute Gasteiger partial charge is 0.387 e. The van der Waals surface area contributed by atoms with Crippen LogP contribution in [-0.2, 0) is 4.79 Å². The fourth-order valence-corrected chi connectivity index (χ4v) is 2.28. The third kappa shape index (κ3) is 5.20. The van der Waals surface area contributed by atoms with E-state index in [4.69, 9.17) is 9.47 Å². The summed E-state index contributed by atoms with van der Waals surface area (Å²) in [6.45, 7) is -1.07. The van der Waals surface area contributed by atoms with Crippen LogP contribution in [0.2, 0.25) is 0 Å². The van der Waals surface area contributed by atoms with Crippen LogP contribution in [0, 0.1) is 6.92 Å². The maximum absolute atomic E-state index is 12.5. The molecule has 2 aromatic carbocycles. The molecule has 0 aromatic heterocycles. The number of ether oxygens (including phenoxy) is 3. The van der Waals surface area contributed by atoms with E-state index in [1.807, 2.05) is 25.1 Å².